The fourth-order valence-electron chi connectivity index (χ4n) is 2.09. The van der Waals surface area contributed by atoms with Crippen molar-refractivity contribution in [1.29, 1.82) is 0 Å². The predicted octanol–water partition coefficient (Wildman–Crippen LogP) is 3.42. The second kappa shape index (κ2) is 6.27. The minimum Gasteiger partial charge on any atom is -0.481 e. The fourth-order valence-corrected chi connectivity index (χ4v) is 2.09. The van der Waals surface area contributed by atoms with Crippen molar-refractivity contribution in [2.75, 3.05) is 17.7 Å². The highest BCUT2D eigenvalue weighted by atomic mass is 19.1. The second-order valence-corrected chi connectivity index (χ2v) is 4.70. The molecule has 0 aliphatic carbocycles. The molecule has 0 saturated carbocycles. The number of aromatic nitrogens is 2. The molecule has 2 aromatic carbocycles. The number of anilines is 2. The molecule has 3 aromatic rings. The van der Waals surface area contributed by atoms with Crippen molar-refractivity contribution in [3.63, 3.8) is 0 Å². The summed E-state index contributed by atoms with van der Waals surface area (Å²) in [6, 6.07) is 13.7. The number of fused-ring (bicyclic) bond motifs is 1. The number of urea groups is 1. The number of nitrogens with one attached hydrogen (secondary N) is 2. The minimum atomic E-state index is -0.794. The van der Waals surface area contributed by atoms with Crippen LogP contribution in [0, 0.1) is 5.95 Å². The van der Waals surface area contributed by atoms with Gasteiger partial charge in [0, 0.05) is 5.69 Å². The molecule has 0 saturated heterocycles. The number of hydrogen-bond donors (Lipinski definition) is 2. The number of hydrogen-bond acceptors (Lipinski definition) is 4. The van der Waals surface area contributed by atoms with Crippen molar-refractivity contribution in [3.05, 3.63) is 54.5 Å². The van der Waals surface area contributed by atoms with E-state index in [0.717, 1.165) is 16.8 Å². The van der Waals surface area contributed by atoms with Gasteiger partial charge in [0.2, 0.25) is 17.8 Å². The summed E-state index contributed by atoms with van der Waals surface area (Å²) in [7, 11) is 1.35. The molecule has 3 rings (SSSR count). The molecule has 6 nitrogen and oxygen atoms in total. The molecule has 0 unspecified atom stereocenters. The van der Waals surface area contributed by atoms with Gasteiger partial charge in [-0.2, -0.15) is 14.4 Å². The number of halogens is 1. The Kier molecular flexibility index (Phi) is 4.01. The van der Waals surface area contributed by atoms with Gasteiger partial charge in [-0.15, -0.1) is 0 Å². The molecule has 0 aliphatic rings. The van der Waals surface area contributed by atoms with Gasteiger partial charge in [-0.25, -0.2) is 4.79 Å². The van der Waals surface area contributed by atoms with Crippen LogP contribution in [0.2, 0.25) is 0 Å². The Balaban J connectivity index is 1.74. The maximum atomic E-state index is 13.3. The Hall–Kier alpha value is -3.22. The zero-order valence-electron chi connectivity index (χ0n) is 12.2. The topological polar surface area (TPSA) is 76.1 Å². The maximum absolute atomic E-state index is 13.3. The largest absolute Gasteiger partial charge is 0.481 e. The third kappa shape index (κ3) is 3.52. The van der Waals surface area contributed by atoms with E-state index in [0.29, 0.717) is 5.69 Å². The van der Waals surface area contributed by atoms with Crippen LogP contribution in [0.25, 0.3) is 10.8 Å². The SMILES string of the molecule is COc1cc(F)nc(NC(=O)Nc2ccc3ccccc3c2)n1. The van der Waals surface area contributed by atoms with Crippen molar-refractivity contribution in [3.8, 4) is 5.88 Å². The quantitative estimate of drug-likeness (QED) is 0.727. The van der Waals surface area contributed by atoms with Gasteiger partial charge >= 0.3 is 6.03 Å². The Morgan fingerprint density at radius 2 is 1.83 bits per heavy atom. The van der Waals surface area contributed by atoms with Crippen LogP contribution < -0.4 is 15.4 Å². The molecule has 7 heteroatoms. The number of nitrogens with zero attached hydrogens (tertiary/aromatic N) is 2. The summed E-state index contributed by atoms with van der Waals surface area (Å²) in [6.07, 6.45) is 0. The molecule has 1 aromatic heterocycles. The molecule has 0 radical (unpaired) electrons. The van der Waals surface area contributed by atoms with Crippen LogP contribution in [-0.4, -0.2) is 23.1 Å². The molecule has 2 amide bonds. The number of ether oxygens (including phenoxy) is 1. The number of amides is 2. The number of methoxy groups -OCH3 is 1. The standard InChI is InChI=1S/C16H13FN4O2/c1-23-14-9-13(17)19-15(20-14)21-16(22)18-12-7-6-10-4-2-3-5-11(10)8-12/h2-9H,1H3,(H2,18,19,20,21,22). The first-order valence-corrected chi connectivity index (χ1v) is 6.79. The normalized spacial score (nSPS) is 10.3. The summed E-state index contributed by atoms with van der Waals surface area (Å²) >= 11 is 0. The van der Waals surface area contributed by atoms with E-state index < -0.39 is 12.0 Å². The number of rotatable bonds is 3. The molecular weight excluding hydrogens is 299 g/mol. The maximum Gasteiger partial charge on any atom is 0.326 e. The molecule has 0 bridgehead atoms. The van der Waals surface area contributed by atoms with Crippen LogP contribution >= 0.6 is 0 Å². The van der Waals surface area contributed by atoms with E-state index in [-0.39, 0.29) is 11.8 Å². The molecule has 1 heterocycles. The van der Waals surface area contributed by atoms with E-state index in [2.05, 4.69) is 20.6 Å². The van der Waals surface area contributed by atoms with E-state index in [4.69, 9.17) is 4.74 Å². The first-order valence-electron chi connectivity index (χ1n) is 6.79. The third-order valence-electron chi connectivity index (χ3n) is 3.11. The fraction of sp³-hybridized carbons (Fsp3) is 0.0625. The highest BCUT2D eigenvalue weighted by molar-refractivity contribution is 6.00. The van der Waals surface area contributed by atoms with Crippen LogP contribution in [0.4, 0.5) is 20.8 Å². The van der Waals surface area contributed by atoms with Crippen molar-refractivity contribution >= 4 is 28.4 Å². The van der Waals surface area contributed by atoms with E-state index in [1.807, 2.05) is 36.4 Å². The van der Waals surface area contributed by atoms with Gasteiger partial charge in [-0.3, -0.25) is 5.32 Å². The summed E-state index contributed by atoms with van der Waals surface area (Å²) < 4.78 is 18.1. The summed E-state index contributed by atoms with van der Waals surface area (Å²) in [5, 5.41) is 7.07. The van der Waals surface area contributed by atoms with Crippen LogP contribution in [0.5, 0.6) is 5.88 Å². The van der Waals surface area contributed by atoms with Gasteiger partial charge < -0.3 is 10.1 Å². The first kappa shape index (κ1) is 14.7. The van der Waals surface area contributed by atoms with Crippen LogP contribution in [-0.2, 0) is 0 Å². The molecule has 2 N–H and O–H groups in total. The smallest absolute Gasteiger partial charge is 0.326 e. The zero-order valence-corrected chi connectivity index (χ0v) is 12.2. The highest BCUT2D eigenvalue weighted by Crippen LogP contribution is 2.19. The predicted molar refractivity (Wildman–Crippen MR) is 85.1 cm³/mol. The Morgan fingerprint density at radius 1 is 1.04 bits per heavy atom. The van der Waals surface area contributed by atoms with Crippen LogP contribution in [0.15, 0.2) is 48.5 Å². The number of benzene rings is 2. The average Bonchev–Trinajstić information content (AvgIpc) is 2.54. The second-order valence-electron chi connectivity index (χ2n) is 4.70. The van der Waals surface area contributed by atoms with Gasteiger partial charge in [0.1, 0.15) is 0 Å². The van der Waals surface area contributed by atoms with E-state index in [1.54, 1.807) is 6.07 Å². The number of carbonyl (C=O) groups excluding carboxylic acids is 1. The van der Waals surface area contributed by atoms with Gasteiger partial charge in [0.05, 0.1) is 13.2 Å². The van der Waals surface area contributed by atoms with Crippen molar-refractivity contribution in [1.82, 2.24) is 9.97 Å². The van der Waals surface area contributed by atoms with E-state index in [1.165, 1.54) is 7.11 Å². The van der Waals surface area contributed by atoms with Gasteiger partial charge in [0.25, 0.3) is 0 Å². The van der Waals surface area contributed by atoms with Crippen LogP contribution in [0.1, 0.15) is 0 Å². The lowest BCUT2D eigenvalue weighted by atomic mass is 10.1. The summed E-state index contributed by atoms with van der Waals surface area (Å²) in [5.41, 5.74) is 0.601. The molecule has 23 heavy (non-hydrogen) atoms. The van der Waals surface area contributed by atoms with Gasteiger partial charge in [0.15, 0.2) is 0 Å². The zero-order chi connectivity index (χ0) is 16.2. The lowest BCUT2D eigenvalue weighted by Crippen LogP contribution is -2.21. The van der Waals surface area contributed by atoms with Gasteiger partial charge in [-0.05, 0) is 22.9 Å². The van der Waals surface area contributed by atoms with E-state index >= 15 is 0 Å². The monoisotopic (exact) mass is 312 g/mol. The van der Waals surface area contributed by atoms with Crippen molar-refractivity contribution < 1.29 is 13.9 Å². The number of carbonyl (C=O) groups is 1. The Bertz CT molecular complexity index is 870. The van der Waals surface area contributed by atoms with Gasteiger partial charge in [-0.1, -0.05) is 30.3 Å². The minimum absolute atomic E-state index is 0.0264. The third-order valence-corrected chi connectivity index (χ3v) is 3.11. The molecule has 0 aliphatic heterocycles. The van der Waals surface area contributed by atoms with Crippen LogP contribution in [0.3, 0.4) is 0 Å². The molecule has 0 fully saturated rings. The molecule has 0 atom stereocenters. The summed E-state index contributed by atoms with van der Waals surface area (Å²) in [6.45, 7) is 0. The Labute approximate surface area is 131 Å². The highest BCUT2D eigenvalue weighted by Gasteiger charge is 2.09. The summed E-state index contributed by atoms with van der Waals surface area (Å²) in [5.74, 6) is -0.948. The van der Waals surface area contributed by atoms with Crippen molar-refractivity contribution in [2.45, 2.75) is 0 Å². The molecule has 0 spiro atoms. The Morgan fingerprint density at radius 3 is 2.61 bits per heavy atom. The summed E-state index contributed by atoms with van der Waals surface area (Å²) in [4.78, 5) is 19.3. The first-order chi connectivity index (χ1) is 11.1. The lowest BCUT2D eigenvalue weighted by molar-refractivity contribution is 0.262. The molecule has 116 valence electrons. The van der Waals surface area contributed by atoms with E-state index in [9.17, 15) is 9.18 Å². The molecular formula is C16H13FN4O2. The average molecular weight is 312 g/mol. The van der Waals surface area contributed by atoms with Crippen molar-refractivity contribution in [2.24, 2.45) is 0 Å². The lowest BCUT2D eigenvalue weighted by Gasteiger charge is -2.08.